The predicted octanol–water partition coefficient (Wildman–Crippen LogP) is 3.89. The molecule has 0 spiro atoms. The number of rotatable bonds is 6. The minimum atomic E-state index is -0.621. The summed E-state index contributed by atoms with van der Waals surface area (Å²) in [5.41, 5.74) is 1.48. The van der Waals surface area contributed by atoms with Crippen LogP contribution in [0.3, 0.4) is 0 Å². The average molecular weight is 370 g/mol. The summed E-state index contributed by atoms with van der Waals surface area (Å²) in [6, 6.07) is 9.13. The smallest absolute Gasteiger partial charge is 0.344 e. The fourth-order valence-corrected chi connectivity index (χ4v) is 2.80. The van der Waals surface area contributed by atoms with Crippen LogP contribution in [0.5, 0.6) is 0 Å². The monoisotopic (exact) mass is 370 g/mol. The van der Waals surface area contributed by atoms with E-state index in [1.165, 1.54) is 0 Å². The highest BCUT2D eigenvalue weighted by atomic mass is 16.5. The van der Waals surface area contributed by atoms with Gasteiger partial charge in [0.2, 0.25) is 0 Å². The van der Waals surface area contributed by atoms with Crippen LogP contribution in [0.2, 0.25) is 0 Å². The molecule has 3 rings (SSSR count). The first-order valence-electron chi connectivity index (χ1n) is 8.78. The lowest BCUT2D eigenvalue weighted by Gasteiger charge is -2.12. The Hall–Kier alpha value is -3.09. The molecule has 0 unspecified atom stereocenters. The van der Waals surface area contributed by atoms with Gasteiger partial charge in [-0.15, -0.1) is 0 Å². The molecule has 0 bridgehead atoms. The van der Waals surface area contributed by atoms with Crippen molar-refractivity contribution in [1.29, 1.82) is 0 Å². The highest BCUT2D eigenvalue weighted by molar-refractivity contribution is 5.93. The minimum Gasteiger partial charge on any atom is -0.459 e. The molecule has 0 radical (unpaired) electrons. The van der Waals surface area contributed by atoms with Crippen LogP contribution in [-0.4, -0.2) is 23.6 Å². The third-order valence-corrected chi connectivity index (χ3v) is 4.20. The molecule has 2 heterocycles. The SMILES string of the molecule is Cc1noc(C(C)C)c1C(=O)OCC(=O)N[C@@H](C)c1cc2ccccc2o1. The zero-order valence-corrected chi connectivity index (χ0v) is 15.7. The van der Waals surface area contributed by atoms with Crippen molar-refractivity contribution in [3.8, 4) is 0 Å². The van der Waals surface area contributed by atoms with Gasteiger partial charge in [0.05, 0.1) is 11.7 Å². The molecule has 0 aliphatic rings. The molecular weight excluding hydrogens is 348 g/mol. The van der Waals surface area contributed by atoms with Gasteiger partial charge in [0.1, 0.15) is 16.9 Å². The van der Waals surface area contributed by atoms with Crippen molar-refractivity contribution in [2.24, 2.45) is 0 Å². The second-order valence-corrected chi connectivity index (χ2v) is 6.71. The Morgan fingerprint density at radius 2 is 1.96 bits per heavy atom. The lowest BCUT2D eigenvalue weighted by Crippen LogP contribution is -2.31. The van der Waals surface area contributed by atoms with E-state index < -0.39 is 18.5 Å². The van der Waals surface area contributed by atoms with Gasteiger partial charge in [-0.05, 0) is 26.0 Å². The molecule has 0 saturated carbocycles. The van der Waals surface area contributed by atoms with Crippen molar-refractivity contribution in [3.63, 3.8) is 0 Å². The number of ether oxygens (including phenoxy) is 1. The number of carbonyl (C=O) groups excluding carboxylic acids is 2. The highest BCUT2D eigenvalue weighted by Crippen LogP contribution is 2.24. The Balaban J connectivity index is 1.59. The number of nitrogens with one attached hydrogen (secondary N) is 1. The first kappa shape index (κ1) is 18.7. The summed E-state index contributed by atoms with van der Waals surface area (Å²) >= 11 is 0. The third-order valence-electron chi connectivity index (χ3n) is 4.20. The number of carbonyl (C=O) groups is 2. The van der Waals surface area contributed by atoms with E-state index in [0.29, 0.717) is 17.2 Å². The number of benzene rings is 1. The van der Waals surface area contributed by atoms with E-state index in [-0.39, 0.29) is 17.5 Å². The van der Waals surface area contributed by atoms with Crippen molar-refractivity contribution in [1.82, 2.24) is 10.5 Å². The van der Waals surface area contributed by atoms with Gasteiger partial charge in [-0.25, -0.2) is 4.79 Å². The fraction of sp³-hybridized carbons (Fsp3) is 0.350. The molecule has 7 nitrogen and oxygen atoms in total. The predicted molar refractivity (Wildman–Crippen MR) is 98.4 cm³/mol. The maximum Gasteiger partial charge on any atom is 0.344 e. The third kappa shape index (κ3) is 4.02. The summed E-state index contributed by atoms with van der Waals surface area (Å²) in [4.78, 5) is 24.5. The van der Waals surface area contributed by atoms with Crippen LogP contribution in [0.25, 0.3) is 11.0 Å². The Morgan fingerprint density at radius 3 is 2.67 bits per heavy atom. The number of furan rings is 1. The van der Waals surface area contributed by atoms with Gasteiger partial charge in [0.15, 0.2) is 12.4 Å². The van der Waals surface area contributed by atoms with E-state index in [1.54, 1.807) is 13.8 Å². The number of hydrogen-bond donors (Lipinski definition) is 1. The van der Waals surface area contributed by atoms with Gasteiger partial charge in [0, 0.05) is 11.3 Å². The second-order valence-electron chi connectivity index (χ2n) is 6.71. The van der Waals surface area contributed by atoms with E-state index in [4.69, 9.17) is 13.7 Å². The van der Waals surface area contributed by atoms with Crippen LogP contribution in [0.4, 0.5) is 0 Å². The minimum absolute atomic E-state index is 0.0179. The first-order chi connectivity index (χ1) is 12.9. The maximum absolute atomic E-state index is 12.3. The summed E-state index contributed by atoms with van der Waals surface area (Å²) in [7, 11) is 0. The molecule has 0 fully saturated rings. The van der Waals surface area contributed by atoms with Crippen LogP contribution < -0.4 is 5.32 Å². The largest absolute Gasteiger partial charge is 0.459 e. The lowest BCUT2D eigenvalue weighted by atomic mass is 10.1. The number of esters is 1. The molecule has 7 heteroatoms. The zero-order chi connectivity index (χ0) is 19.6. The molecule has 3 aromatic rings. The molecule has 142 valence electrons. The molecule has 0 aliphatic carbocycles. The van der Waals surface area contributed by atoms with Gasteiger partial charge in [-0.2, -0.15) is 0 Å². The summed E-state index contributed by atoms with van der Waals surface area (Å²) in [6.07, 6.45) is 0. The van der Waals surface area contributed by atoms with Crippen molar-refractivity contribution in [2.45, 2.75) is 39.7 Å². The van der Waals surface area contributed by atoms with Crippen LogP contribution in [0.15, 0.2) is 39.3 Å². The quantitative estimate of drug-likeness (QED) is 0.662. The molecule has 2 aromatic heterocycles. The second kappa shape index (κ2) is 7.65. The topological polar surface area (TPSA) is 94.6 Å². The van der Waals surface area contributed by atoms with Crippen molar-refractivity contribution in [3.05, 3.63) is 53.1 Å². The molecule has 1 aromatic carbocycles. The van der Waals surface area contributed by atoms with Gasteiger partial charge in [0.25, 0.3) is 5.91 Å². The molecular formula is C20H22N2O5. The van der Waals surface area contributed by atoms with Crippen molar-refractivity contribution >= 4 is 22.8 Å². The van der Waals surface area contributed by atoms with E-state index in [9.17, 15) is 9.59 Å². The number of amides is 1. The Labute approximate surface area is 156 Å². The van der Waals surface area contributed by atoms with E-state index >= 15 is 0 Å². The molecule has 1 N–H and O–H groups in total. The maximum atomic E-state index is 12.3. The van der Waals surface area contributed by atoms with Crippen LogP contribution in [0.1, 0.15) is 60.3 Å². The Kier molecular flexibility index (Phi) is 5.30. The number of para-hydroxylation sites is 1. The number of nitrogens with zero attached hydrogens (tertiary/aromatic N) is 1. The molecule has 1 atom stereocenters. The number of fused-ring (bicyclic) bond motifs is 1. The Morgan fingerprint density at radius 1 is 1.22 bits per heavy atom. The zero-order valence-electron chi connectivity index (χ0n) is 15.7. The summed E-state index contributed by atoms with van der Waals surface area (Å²) in [5, 5.41) is 7.53. The summed E-state index contributed by atoms with van der Waals surface area (Å²) in [5.74, 6) is 0.0255. The van der Waals surface area contributed by atoms with Crippen LogP contribution in [0, 0.1) is 6.92 Å². The van der Waals surface area contributed by atoms with Gasteiger partial charge in [-0.3, -0.25) is 4.79 Å². The summed E-state index contributed by atoms with van der Waals surface area (Å²) < 4.78 is 16.0. The molecule has 27 heavy (non-hydrogen) atoms. The fourth-order valence-electron chi connectivity index (χ4n) is 2.80. The number of hydrogen-bond acceptors (Lipinski definition) is 6. The van der Waals surface area contributed by atoms with Crippen LogP contribution in [-0.2, 0) is 9.53 Å². The van der Waals surface area contributed by atoms with Gasteiger partial charge >= 0.3 is 5.97 Å². The van der Waals surface area contributed by atoms with Crippen molar-refractivity contribution in [2.75, 3.05) is 6.61 Å². The average Bonchev–Trinajstić information content (AvgIpc) is 3.23. The first-order valence-corrected chi connectivity index (χ1v) is 8.78. The van der Waals surface area contributed by atoms with Crippen molar-refractivity contribution < 1.29 is 23.3 Å². The highest BCUT2D eigenvalue weighted by Gasteiger charge is 2.24. The van der Waals surface area contributed by atoms with Gasteiger partial charge < -0.3 is 19.0 Å². The van der Waals surface area contributed by atoms with E-state index in [1.807, 2.05) is 44.2 Å². The molecule has 0 saturated heterocycles. The van der Waals surface area contributed by atoms with E-state index in [2.05, 4.69) is 10.5 Å². The molecule has 1 amide bonds. The molecule has 0 aliphatic heterocycles. The van der Waals surface area contributed by atoms with E-state index in [0.717, 1.165) is 11.0 Å². The number of aromatic nitrogens is 1. The van der Waals surface area contributed by atoms with Crippen LogP contribution >= 0.6 is 0 Å². The standard InChI is InChI=1S/C20H22N2O5/c1-11(2)19-18(13(4)22-27-19)20(24)25-10-17(23)21-12(3)16-9-14-7-5-6-8-15(14)26-16/h5-9,11-12H,10H2,1-4H3,(H,21,23)/t12-/m0/s1. The lowest BCUT2D eigenvalue weighted by molar-refractivity contribution is -0.125. The normalized spacial score (nSPS) is 12.3. The number of aryl methyl sites for hydroxylation is 1. The van der Waals surface area contributed by atoms with Gasteiger partial charge in [-0.1, -0.05) is 37.2 Å². The summed E-state index contributed by atoms with van der Waals surface area (Å²) in [6.45, 7) is 6.84. The Bertz CT molecular complexity index is 937.